The number of hydrogen-bond donors (Lipinski definition) is 1. The Hall–Kier alpha value is -1.51. The van der Waals surface area contributed by atoms with Gasteiger partial charge in [-0.25, -0.2) is 0 Å². The molecule has 0 saturated carbocycles. The number of benzene rings is 2. The van der Waals surface area contributed by atoms with Crippen LogP contribution in [0.2, 0.25) is 5.02 Å². The van der Waals surface area contributed by atoms with Crippen LogP contribution in [-0.4, -0.2) is 5.54 Å². The maximum Gasteiger partial charge on any atom is 0.132 e. The monoisotopic (exact) mass is 289 g/mol. The highest BCUT2D eigenvalue weighted by atomic mass is 35.5. The molecule has 0 aliphatic carbocycles. The van der Waals surface area contributed by atoms with Gasteiger partial charge in [-0.15, -0.1) is 0 Å². The minimum absolute atomic E-state index is 0.0480. The summed E-state index contributed by atoms with van der Waals surface area (Å²) >= 11 is 6.09. The normalized spacial score (nSPS) is 11.4. The molecule has 2 aromatic rings. The van der Waals surface area contributed by atoms with E-state index in [1.54, 1.807) is 0 Å². The van der Waals surface area contributed by atoms with Crippen molar-refractivity contribution in [2.45, 2.75) is 32.9 Å². The molecule has 106 valence electrons. The van der Waals surface area contributed by atoms with Gasteiger partial charge in [0.2, 0.25) is 0 Å². The molecule has 0 radical (unpaired) electrons. The number of para-hydroxylation sites is 1. The van der Waals surface area contributed by atoms with Gasteiger partial charge in [0.05, 0.1) is 0 Å². The molecule has 0 fully saturated rings. The van der Waals surface area contributed by atoms with Crippen LogP contribution in [0.15, 0.2) is 48.5 Å². The first-order valence-corrected chi connectivity index (χ1v) is 7.08. The van der Waals surface area contributed by atoms with E-state index >= 15 is 0 Å². The first-order valence-electron chi connectivity index (χ1n) is 6.70. The minimum atomic E-state index is 0.0480. The zero-order valence-corrected chi connectivity index (χ0v) is 12.9. The second-order valence-electron chi connectivity index (χ2n) is 5.77. The van der Waals surface area contributed by atoms with E-state index in [0.29, 0.717) is 6.54 Å². The van der Waals surface area contributed by atoms with Gasteiger partial charge >= 0.3 is 0 Å². The Balaban J connectivity index is 2.19. The molecule has 0 heterocycles. The van der Waals surface area contributed by atoms with Crippen LogP contribution in [0.3, 0.4) is 0 Å². The van der Waals surface area contributed by atoms with E-state index in [-0.39, 0.29) is 5.54 Å². The van der Waals surface area contributed by atoms with Crippen LogP contribution in [0.4, 0.5) is 0 Å². The Morgan fingerprint density at radius 3 is 2.40 bits per heavy atom. The van der Waals surface area contributed by atoms with E-state index in [9.17, 15) is 0 Å². The minimum Gasteiger partial charge on any atom is -0.457 e. The number of rotatable bonds is 4. The third-order valence-electron chi connectivity index (χ3n) is 2.80. The summed E-state index contributed by atoms with van der Waals surface area (Å²) in [5.41, 5.74) is 1.10. The van der Waals surface area contributed by atoms with Crippen molar-refractivity contribution in [3.8, 4) is 11.5 Å². The summed E-state index contributed by atoms with van der Waals surface area (Å²) in [5.74, 6) is 1.66. The Labute approximate surface area is 125 Å². The van der Waals surface area contributed by atoms with E-state index in [1.807, 2.05) is 48.5 Å². The van der Waals surface area contributed by atoms with Gasteiger partial charge in [0, 0.05) is 22.7 Å². The fourth-order valence-corrected chi connectivity index (χ4v) is 1.96. The van der Waals surface area contributed by atoms with E-state index in [4.69, 9.17) is 16.3 Å². The molecule has 0 saturated heterocycles. The van der Waals surface area contributed by atoms with Crippen molar-refractivity contribution in [1.82, 2.24) is 5.32 Å². The molecule has 2 rings (SSSR count). The number of nitrogens with one attached hydrogen (secondary N) is 1. The van der Waals surface area contributed by atoms with E-state index in [2.05, 4.69) is 26.1 Å². The summed E-state index contributed by atoms with van der Waals surface area (Å²) in [6.07, 6.45) is 0. The van der Waals surface area contributed by atoms with Crippen molar-refractivity contribution < 1.29 is 4.74 Å². The molecule has 0 unspecified atom stereocenters. The Morgan fingerprint density at radius 1 is 1.05 bits per heavy atom. The van der Waals surface area contributed by atoms with Gasteiger partial charge in [-0.2, -0.15) is 0 Å². The summed E-state index contributed by atoms with van der Waals surface area (Å²) in [6, 6.07) is 15.5. The molecule has 0 bridgehead atoms. The largest absolute Gasteiger partial charge is 0.457 e. The van der Waals surface area contributed by atoms with Gasteiger partial charge in [0.25, 0.3) is 0 Å². The average molecular weight is 290 g/mol. The zero-order valence-electron chi connectivity index (χ0n) is 12.1. The Kier molecular flexibility index (Phi) is 4.69. The molecular formula is C17H20ClNO. The lowest BCUT2D eigenvalue weighted by atomic mass is 10.1. The smallest absolute Gasteiger partial charge is 0.132 e. The summed E-state index contributed by atoms with van der Waals surface area (Å²) in [7, 11) is 0. The van der Waals surface area contributed by atoms with Crippen LogP contribution in [0.25, 0.3) is 0 Å². The number of hydrogen-bond acceptors (Lipinski definition) is 2. The molecular weight excluding hydrogens is 270 g/mol. The van der Waals surface area contributed by atoms with Gasteiger partial charge in [-0.05, 0) is 51.1 Å². The second-order valence-corrected chi connectivity index (χ2v) is 6.21. The third kappa shape index (κ3) is 4.55. The van der Waals surface area contributed by atoms with Crippen LogP contribution in [0, 0.1) is 0 Å². The highest BCUT2D eigenvalue weighted by Gasteiger charge is 2.12. The lowest BCUT2D eigenvalue weighted by Crippen LogP contribution is -2.35. The van der Waals surface area contributed by atoms with Crippen molar-refractivity contribution in [2.75, 3.05) is 0 Å². The second kappa shape index (κ2) is 6.29. The third-order valence-corrected chi connectivity index (χ3v) is 3.04. The highest BCUT2D eigenvalue weighted by molar-refractivity contribution is 6.30. The van der Waals surface area contributed by atoms with Crippen molar-refractivity contribution >= 4 is 11.6 Å². The van der Waals surface area contributed by atoms with Gasteiger partial charge < -0.3 is 10.1 Å². The summed E-state index contributed by atoms with van der Waals surface area (Å²) in [6.45, 7) is 7.12. The number of ether oxygens (including phenoxy) is 1. The molecule has 0 spiro atoms. The zero-order chi connectivity index (χ0) is 14.6. The Bertz CT molecular complexity index is 561. The SMILES string of the molecule is CC(C)(C)NCc1cc(Cl)ccc1Oc1ccccc1. The molecule has 0 aliphatic heterocycles. The van der Waals surface area contributed by atoms with Crippen LogP contribution in [0.1, 0.15) is 26.3 Å². The molecule has 0 atom stereocenters. The molecule has 2 nitrogen and oxygen atoms in total. The maximum absolute atomic E-state index is 6.09. The quantitative estimate of drug-likeness (QED) is 0.853. The molecule has 0 amide bonds. The fourth-order valence-electron chi connectivity index (χ4n) is 1.76. The standard InChI is InChI=1S/C17H20ClNO/c1-17(2,3)19-12-13-11-14(18)9-10-16(13)20-15-7-5-4-6-8-15/h4-11,19H,12H2,1-3H3. The molecule has 0 aliphatic rings. The first-order chi connectivity index (χ1) is 9.44. The van der Waals surface area contributed by atoms with Crippen molar-refractivity contribution in [1.29, 1.82) is 0 Å². The van der Waals surface area contributed by atoms with Gasteiger partial charge in [-0.3, -0.25) is 0 Å². The summed E-state index contributed by atoms with van der Waals surface area (Å²) in [5, 5.41) is 4.17. The topological polar surface area (TPSA) is 21.3 Å². The van der Waals surface area contributed by atoms with Crippen LogP contribution in [-0.2, 0) is 6.54 Å². The van der Waals surface area contributed by atoms with E-state index in [1.165, 1.54) is 0 Å². The molecule has 20 heavy (non-hydrogen) atoms. The van der Waals surface area contributed by atoms with Crippen molar-refractivity contribution in [2.24, 2.45) is 0 Å². The van der Waals surface area contributed by atoms with Crippen LogP contribution >= 0.6 is 11.6 Å². The van der Waals surface area contributed by atoms with Crippen LogP contribution < -0.4 is 10.1 Å². The van der Waals surface area contributed by atoms with E-state index < -0.39 is 0 Å². The summed E-state index contributed by atoms with van der Waals surface area (Å²) < 4.78 is 5.93. The van der Waals surface area contributed by atoms with Crippen molar-refractivity contribution in [3.05, 3.63) is 59.1 Å². The molecule has 0 aromatic heterocycles. The lowest BCUT2D eigenvalue weighted by Gasteiger charge is -2.21. The van der Waals surface area contributed by atoms with E-state index in [0.717, 1.165) is 22.1 Å². The molecule has 2 aromatic carbocycles. The van der Waals surface area contributed by atoms with Crippen LogP contribution in [0.5, 0.6) is 11.5 Å². The highest BCUT2D eigenvalue weighted by Crippen LogP contribution is 2.28. The maximum atomic E-state index is 6.09. The first kappa shape index (κ1) is 14.9. The molecule has 3 heteroatoms. The average Bonchev–Trinajstić information content (AvgIpc) is 2.39. The van der Waals surface area contributed by atoms with Gasteiger partial charge in [0.15, 0.2) is 0 Å². The summed E-state index contributed by atoms with van der Waals surface area (Å²) in [4.78, 5) is 0. The number of halogens is 1. The predicted molar refractivity (Wildman–Crippen MR) is 84.6 cm³/mol. The fraction of sp³-hybridized carbons (Fsp3) is 0.294. The van der Waals surface area contributed by atoms with Gasteiger partial charge in [-0.1, -0.05) is 29.8 Å². The lowest BCUT2D eigenvalue weighted by molar-refractivity contribution is 0.414. The van der Waals surface area contributed by atoms with Gasteiger partial charge in [0.1, 0.15) is 11.5 Å². The molecule has 1 N–H and O–H groups in total. The van der Waals surface area contributed by atoms with Crippen molar-refractivity contribution in [3.63, 3.8) is 0 Å². The Morgan fingerprint density at radius 2 is 1.75 bits per heavy atom. The predicted octanol–water partition coefficient (Wildman–Crippen LogP) is 5.02.